The van der Waals surface area contributed by atoms with Crippen LogP contribution in [0.15, 0.2) is 29.9 Å². The number of amides is 1. The van der Waals surface area contributed by atoms with Crippen LogP contribution in [-0.2, 0) is 9.53 Å². The van der Waals surface area contributed by atoms with Crippen molar-refractivity contribution >= 4 is 39.4 Å². The van der Waals surface area contributed by atoms with Crippen LogP contribution in [0, 0.1) is 11.7 Å². The highest BCUT2D eigenvalue weighted by atomic mass is 32.1. The number of esters is 1. The summed E-state index contributed by atoms with van der Waals surface area (Å²) in [5, 5.41) is 4.99. The average Bonchev–Trinajstić information content (AvgIpc) is 3.41. The molecule has 0 spiro atoms. The van der Waals surface area contributed by atoms with E-state index in [1.807, 2.05) is 39.1 Å². The number of aromatic nitrogens is 3. The minimum atomic E-state index is -0.571. The van der Waals surface area contributed by atoms with Gasteiger partial charge in [-0.05, 0) is 57.2 Å². The van der Waals surface area contributed by atoms with Crippen molar-refractivity contribution in [3.63, 3.8) is 0 Å². The van der Waals surface area contributed by atoms with Crippen LogP contribution in [0.2, 0.25) is 0 Å². The molecule has 1 aliphatic rings. The maximum absolute atomic E-state index is 13.6. The normalized spacial score (nSPS) is 17.2. The Bertz CT molecular complexity index is 1190. The molecule has 2 unspecified atom stereocenters. The number of carbonyl (C=O) groups is 2. The van der Waals surface area contributed by atoms with Crippen LogP contribution in [0.3, 0.4) is 0 Å². The Morgan fingerprint density at radius 1 is 1.30 bits per heavy atom. The van der Waals surface area contributed by atoms with Gasteiger partial charge in [0, 0.05) is 19.3 Å². The first kappa shape index (κ1) is 23.0. The first-order chi connectivity index (χ1) is 15.6. The summed E-state index contributed by atoms with van der Waals surface area (Å²) in [5.74, 6) is -1.06. The Kier molecular flexibility index (Phi) is 6.29. The monoisotopic (exact) mass is 471 g/mol. The van der Waals surface area contributed by atoms with Crippen molar-refractivity contribution in [2.75, 3.05) is 18.4 Å². The number of thiophene rings is 1. The molecule has 4 rings (SSSR count). The van der Waals surface area contributed by atoms with Crippen molar-refractivity contribution < 1.29 is 18.7 Å². The summed E-state index contributed by atoms with van der Waals surface area (Å²) >= 11 is 1.39. The van der Waals surface area contributed by atoms with Gasteiger partial charge in [-0.2, -0.15) is 0 Å². The quantitative estimate of drug-likeness (QED) is 0.557. The van der Waals surface area contributed by atoms with Crippen LogP contribution in [0.25, 0.3) is 10.2 Å². The SMILES string of the molecule is CC(Nc1nc(C(=O)N2CCC(C(=O)OC(C)(C)C)C2)c2sccc2n1)c1cncc(F)c1. The molecule has 8 nitrogen and oxygen atoms in total. The average molecular weight is 472 g/mol. The van der Waals surface area contributed by atoms with Crippen molar-refractivity contribution in [1.29, 1.82) is 0 Å². The molecule has 1 saturated heterocycles. The predicted octanol–water partition coefficient (Wildman–Crippen LogP) is 4.20. The van der Waals surface area contributed by atoms with Gasteiger partial charge in [0.1, 0.15) is 11.4 Å². The number of fused-ring (bicyclic) bond motifs is 1. The Labute approximate surface area is 195 Å². The van der Waals surface area contributed by atoms with Crippen LogP contribution >= 0.6 is 11.3 Å². The molecule has 0 radical (unpaired) electrons. The predicted molar refractivity (Wildman–Crippen MR) is 124 cm³/mol. The first-order valence-electron chi connectivity index (χ1n) is 10.7. The van der Waals surface area contributed by atoms with Gasteiger partial charge in [-0.25, -0.2) is 14.4 Å². The second kappa shape index (κ2) is 9.01. The van der Waals surface area contributed by atoms with Crippen molar-refractivity contribution in [1.82, 2.24) is 19.9 Å². The fraction of sp³-hybridized carbons (Fsp3) is 0.435. The third-order valence-electron chi connectivity index (χ3n) is 5.29. The summed E-state index contributed by atoms with van der Waals surface area (Å²) in [7, 11) is 0. The molecule has 0 aromatic carbocycles. The molecule has 1 amide bonds. The van der Waals surface area contributed by atoms with E-state index in [-0.39, 0.29) is 35.5 Å². The minimum absolute atomic E-state index is 0.251. The highest BCUT2D eigenvalue weighted by Crippen LogP contribution is 2.28. The highest BCUT2D eigenvalue weighted by Gasteiger charge is 2.35. The molecule has 1 fully saturated rings. The van der Waals surface area contributed by atoms with Gasteiger partial charge in [0.2, 0.25) is 5.95 Å². The lowest BCUT2D eigenvalue weighted by atomic mass is 10.1. The highest BCUT2D eigenvalue weighted by molar-refractivity contribution is 7.17. The Balaban J connectivity index is 1.54. The summed E-state index contributed by atoms with van der Waals surface area (Å²) < 4.78 is 19.7. The number of ether oxygens (including phenoxy) is 1. The lowest BCUT2D eigenvalue weighted by Crippen LogP contribution is -2.33. The third-order valence-corrected chi connectivity index (χ3v) is 6.20. The van der Waals surface area contributed by atoms with Crippen LogP contribution in [0.5, 0.6) is 0 Å². The van der Waals surface area contributed by atoms with Gasteiger partial charge in [0.25, 0.3) is 5.91 Å². The number of carbonyl (C=O) groups excluding carboxylic acids is 2. The maximum Gasteiger partial charge on any atom is 0.311 e. The molecule has 33 heavy (non-hydrogen) atoms. The lowest BCUT2D eigenvalue weighted by Gasteiger charge is -2.22. The van der Waals surface area contributed by atoms with E-state index in [1.165, 1.54) is 17.4 Å². The number of nitrogens with zero attached hydrogens (tertiary/aromatic N) is 4. The maximum atomic E-state index is 13.6. The van der Waals surface area contributed by atoms with E-state index in [0.717, 1.165) is 6.20 Å². The zero-order valence-corrected chi connectivity index (χ0v) is 19.8. The molecule has 0 aliphatic carbocycles. The van der Waals surface area contributed by atoms with Gasteiger partial charge >= 0.3 is 5.97 Å². The molecule has 1 N–H and O–H groups in total. The molecule has 174 valence electrons. The Hall–Kier alpha value is -3.14. The number of pyridine rings is 1. The van der Waals surface area contributed by atoms with E-state index in [9.17, 15) is 14.0 Å². The number of likely N-dealkylation sites (tertiary alicyclic amines) is 1. The molecule has 3 aromatic rings. The molecule has 1 aliphatic heterocycles. The van der Waals surface area contributed by atoms with Crippen molar-refractivity contribution in [2.45, 2.75) is 45.8 Å². The number of anilines is 1. The number of hydrogen-bond acceptors (Lipinski definition) is 8. The van der Waals surface area contributed by atoms with Crippen LogP contribution in [0.4, 0.5) is 10.3 Å². The Morgan fingerprint density at radius 2 is 2.09 bits per heavy atom. The van der Waals surface area contributed by atoms with Gasteiger partial charge < -0.3 is 15.0 Å². The third kappa shape index (κ3) is 5.27. The van der Waals surface area contributed by atoms with Crippen molar-refractivity contribution in [3.05, 3.63) is 47.0 Å². The largest absolute Gasteiger partial charge is 0.460 e. The molecule has 0 saturated carbocycles. The molecular formula is C23H26FN5O3S. The molecule has 4 heterocycles. The smallest absolute Gasteiger partial charge is 0.311 e. The van der Waals surface area contributed by atoms with E-state index in [0.29, 0.717) is 35.3 Å². The fourth-order valence-electron chi connectivity index (χ4n) is 3.69. The van der Waals surface area contributed by atoms with Gasteiger partial charge in [-0.15, -0.1) is 11.3 Å². The van der Waals surface area contributed by atoms with E-state index < -0.39 is 11.4 Å². The van der Waals surface area contributed by atoms with Crippen LogP contribution < -0.4 is 5.32 Å². The summed E-state index contributed by atoms with van der Waals surface area (Å²) in [6.07, 6.45) is 3.26. The second-order valence-corrected chi connectivity index (χ2v) is 10.0. The number of hydrogen-bond donors (Lipinski definition) is 1. The van der Waals surface area contributed by atoms with Gasteiger partial charge in [0.05, 0.1) is 28.4 Å². The summed E-state index contributed by atoms with van der Waals surface area (Å²) in [6, 6.07) is 2.89. The van der Waals surface area contributed by atoms with Crippen LogP contribution in [-0.4, -0.2) is 50.4 Å². The minimum Gasteiger partial charge on any atom is -0.460 e. The van der Waals surface area contributed by atoms with E-state index in [1.54, 1.807) is 11.1 Å². The number of halogens is 1. The van der Waals surface area contributed by atoms with Gasteiger partial charge in [-0.3, -0.25) is 14.6 Å². The molecular weight excluding hydrogens is 445 g/mol. The lowest BCUT2D eigenvalue weighted by molar-refractivity contribution is -0.159. The fourth-order valence-corrected chi connectivity index (χ4v) is 4.50. The van der Waals surface area contributed by atoms with Gasteiger partial charge in [0.15, 0.2) is 5.69 Å². The zero-order chi connectivity index (χ0) is 23.8. The standard InChI is InChI=1S/C23H26FN5O3S/c1-13(15-9-16(24)11-25-10-15)26-22-27-17-6-8-33-19(17)18(28-22)20(30)29-7-5-14(12-29)21(31)32-23(2,3)4/h6,8-11,13-14H,5,7,12H2,1-4H3,(H,26,27,28). The van der Waals surface area contributed by atoms with E-state index in [4.69, 9.17) is 4.74 Å². The summed E-state index contributed by atoms with van der Waals surface area (Å²) in [6.45, 7) is 8.06. The topological polar surface area (TPSA) is 97.3 Å². The second-order valence-electron chi connectivity index (χ2n) is 9.10. The van der Waals surface area contributed by atoms with E-state index in [2.05, 4.69) is 20.3 Å². The van der Waals surface area contributed by atoms with E-state index >= 15 is 0 Å². The van der Waals surface area contributed by atoms with Crippen LogP contribution in [0.1, 0.15) is 56.2 Å². The van der Waals surface area contributed by atoms with Crippen molar-refractivity contribution in [2.24, 2.45) is 5.92 Å². The molecule has 2 atom stereocenters. The summed E-state index contributed by atoms with van der Waals surface area (Å²) in [4.78, 5) is 40.3. The Morgan fingerprint density at radius 3 is 2.82 bits per heavy atom. The molecule has 10 heteroatoms. The first-order valence-corrected chi connectivity index (χ1v) is 11.6. The zero-order valence-electron chi connectivity index (χ0n) is 19.0. The summed E-state index contributed by atoms with van der Waals surface area (Å²) in [5.41, 5.74) is 0.996. The molecule has 0 bridgehead atoms. The number of rotatable bonds is 5. The van der Waals surface area contributed by atoms with Crippen molar-refractivity contribution in [3.8, 4) is 0 Å². The van der Waals surface area contributed by atoms with Gasteiger partial charge in [-0.1, -0.05) is 0 Å². The number of nitrogens with one attached hydrogen (secondary N) is 1. The molecule has 3 aromatic heterocycles.